The fourth-order valence-corrected chi connectivity index (χ4v) is 0. The highest BCUT2D eigenvalue weighted by Gasteiger charge is 1.36. The third-order valence-corrected chi connectivity index (χ3v) is 0. The van der Waals surface area contributed by atoms with E-state index in [0.717, 1.165) is 0 Å². The molecule has 0 spiro atoms. The summed E-state index contributed by atoms with van der Waals surface area (Å²) in [5.74, 6) is 0. The Bertz CT molecular complexity index is 10.9. The zero-order chi connectivity index (χ0) is 4.71. The van der Waals surface area contributed by atoms with Crippen molar-refractivity contribution in [2.24, 2.45) is 0 Å². The van der Waals surface area contributed by atoms with E-state index in [-0.39, 0.29) is 12.3 Å². The predicted molar refractivity (Wildman–Crippen MR) is 20.0 cm³/mol. The Kier molecular flexibility index (Phi) is 68.4. The van der Waals surface area contributed by atoms with Crippen molar-refractivity contribution < 1.29 is 13.9 Å². The molecular weight excluding hydrogens is 92.1 g/mol. The zero-order valence-corrected chi connectivity index (χ0v) is 3.23. The summed E-state index contributed by atoms with van der Waals surface area (Å²) in [4.78, 5) is 8.00. The van der Waals surface area contributed by atoms with Gasteiger partial charge in [0.2, 0.25) is 0 Å². The number of hydrogen-bond acceptors (Lipinski definition) is 4. The fraction of sp³-hybridized carbons (Fsp3) is 0. The first-order valence-corrected chi connectivity index (χ1v) is 1.38. The lowest BCUT2D eigenvalue weighted by Gasteiger charge is -1.51. The summed E-state index contributed by atoms with van der Waals surface area (Å²) in [7, 11) is 0. The first-order valence-electron chi connectivity index (χ1n) is 0.654. The van der Waals surface area contributed by atoms with Gasteiger partial charge < -0.3 is 13.9 Å². The molecule has 0 saturated heterocycles. The van der Waals surface area contributed by atoms with Gasteiger partial charge in [-0.15, -0.1) is 0 Å². The van der Waals surface area contributed by atoms with Crippen molar-refractivity contribution in [2.75, 3.05) is 0 Å². The second-order valence-corrected chi connectivity index (χ2v) is 0.245. The van der Waals surface area contributed by atoms with E-state index in [1.165, 1.54) is 0 Å². The molecule has 0 rings (SSSR count). The minimum Gasteiger partial charge on any atom is -0.307 e. The monoisotopic (exact) mass is 96.0 g/mol. The molecule has 0 radical (unpaired) electrons. The van der Waals surface area contributed by atoms with Crippen molar-refractivity contribution in [3.63, 3.8) is 0 Å². The smallest absolute Gasteiger partial charge is 0.152 e. The Hall–Kier alpha value is -0.0600. The fourth-order valence-electron chi connectivity index (χ4n) is 0. The minimum absolute atomic E-state index is 0.250. The lowest BCUT2D eigenvalue weighted by atomic mass is 11.9. The summed E-state index contributed by atoms with van der Waals surface area (Å²) in [5, 5.41) is 0. The molecule has 0 atom stereocenters. The van der Waals surface area contributed by atoms with Crippen LogP contribution in [0, 0.1) is 0 Å². The summed E-state index contributed by atoms with van der Waals surface area (Å²) in [6, 6.07) is 0. The molecule has 0 fully saturated rings. The molecule has 0 aromatic rings. The normalized spacial score (nSPS) is 4.40. The molecule has 0 aromatic heterocycles. The summed E-state index contributed by atoms with van der Waals surface area (Å²) in [6.45, 7) is 2.00. The molecule has 0 aliphatic rings. The van der Waals surface area contributed by atoms with Gasteiger partial charge in [0, 0.05) is 0 Å². The third kappa shape index (κ3) is 4120. The largest absolute Gasteiger partial charge is 0.307 e. The molecule has 5 heavy (non-hydrogen) atoms. The van der Waals surface area contributed by atoms with Crippen LogP contribution in [0.3, 0.4) is 0 Å². The molecule has 0 unspecified atom stereocenters. The maximum absolute atomic E-state index is 8.00. The summed E-state index contributed by atoms with van der Waals surface area (Å²) >= 11 is -0.250. The number of hydrogen-bond donors (Lipinski definition) is 2. The lowest BCUT2D eigenvalue weighted by Crippen LogP contribution is -1.31. The van der Waals surface area contributed by atoms with Crippen molar-refractivity contribution in [2.45, 2.75) is 0 Å². The van der Waals surface area contributed by atoms with Gasteiger partial charge in [0.1, 0.15) is 6.79 Å². The Morgan fingerprint density at radius 2 is 1.40 bits per heavy atom. The number of carbonyl (C=O) groups excluding carboxylic acids is 1. The molecule has 0 bridgehead atoms. The summed E-state index contributed by atoms with van der Waals surface area (Å²) in [6.07, 6.45) is 0. The quantitative estimate of drug-likeness (QED) is 0.430. The molecule has 0 aliphatic carbocycles. The van der Waals surface area contributed by atoms with Gasteiger partial charge in [-0.1, -0.05) is 0 Å². The van der Waals surface area contributed by atoms with Gasteiger partial charge >= 0.3 is 0 Å². The topological polar surface area (TPSA) is 57.5 Å². The number of rotatable bonds is 0. The van der Waals surface area contributed by atoms with E-state index in [2.05, 4.69) is 0 Å². The third-order valence-electron chi connectivity index (χ3n) is 0. The average molecular weight is 96.1 g/mol. The van der Waals surface area contributed by atoms with E-state index >= 15 is 0 Å². The van der Waals surface area contributed by atoms with Crippen LogP contribution in [0.2, 0.25) is 0 Å². The Balaban J connectivity index is 0. The second-order valence-electron chi connectivity index (χ2n) is 0.0816. The molecule has 0 aliphatic heterocycles. The van der Waals surface area contributed by atoms with Gasteiger partial charge in [-0.25, -0.2) is 0 Å². The van der Waals surface area contributed by atoms with Crippen molar-refractivity contribution in [3.8, 4) is 0 Å². The van der Waals surface area contributed by atoms with Gasteiger partial charge in [0.25, 0.3) is 0 Å². The minimum atomic E-state index is -0.250. The molecule has 32 valence electrons. The Morgan fingerprint density at radius 3 is 1.40 bits per heavy atom. The van der Waals surface area contributed by atoms with Crippen molar-refractivity contribution in [3.05, 3.63) is 0 Å². The second kappa shape index (κ2) is 38.5. The van der Waals surface area contributed by atoms with E-state index in [9.17, 15) is 0 Å². The summed E-state index contributed by atoms with van der Waals surface area (Å²) < 4.78 is 14.1. The van der Waals surface area contributed by atoms with Crippen LogP contribution in [-0.4, -0.2) is 15.9 Å². The first kappa shape index (κ1) is 8.87. The zero-order valence-electron chi connectivity index (χ0n) is 2.42. The van der Waals surface area contributed by atoms with Crippen LogP contribution < -0.4 is 0 Å². The standard InChI is InChI=1S/CH2O.H2O2S/c1-2;1-3-2/h1H2;1-2H. The maximum atomic E-state index is 8.00. The van der Waals surface area contributed by atoms with Crippen molar-refractivity contribution >= 4 is 19.1 Å². The molecule has 0 amide bonds. The molecular formula is CH4O3S. The first-order chi connectivity index (χ1) is 2.41. The van der Waals surface area contributed by atoms with Crippen LogP contribution >= 0.6 is 12.3 Å². The van der Waals surface area contributed by atoms with Crippen LogP contribution in [-0.2, 0) is 4.79 Å². The van der Waals surface area contributed by atoms with E-state index in [0.29, 0.717) is 0 Å². The van der Waals surface area contributed by atoms with Gasteiger partial charge in [-0.2, -0.15) is 0 Å². The molecule has 3 nitrogen and oxygen atoms in total. The van der Waals surface area contributed by atoms with Crippen LogP contribution in [0.1, 0.15) is 0 Å². The maximum Gasteiger partial charge on any atom is 0.152 e. The van der Waals surface area contributed by atoms with E-state index in [1.807, 2.05) is 6.79 Å². The van der Waals surface area contributed by atoms with Gasteiger partial charge in [0.05, 0.1) is 0 Å². The van der Waals surface area contributed by atoms with Gasteiger partial charge in [-0.3, -0.25) is 0 Å². The average Bonchev–Trinajstić information content (AvgIpc) is 1.46. The van der Waals surface area contributed by atoms with Crippen LogP contribution in [0.25, 0.3) is 0 Å². The highest BCUT2D eigenvalue weighted by molar-refractivity contribution is 7.87. The van der Waals surface area contributed by atoms with Gasteiger partial charge in [-0.05, 0) is 0 Å². The molecule has 0 aromatic carbocycles. The molecule has 0 saturated carbocycles. The lowest BCUT2D eigenvalue weighted by molar-refractivity contribution is -0.0979. The molecule has 4 heteroatoms. The highest BCUT2D eigenvalue weighted by atomic mass is 32.2. The van der Waals surface area contributed by atoms with Crippen LogP contribution in [0.5, 0.6) is 0 Å². The van der Waals surface area contributed by atoms with Crippen LogP contribution in [0.15, 0.2) is 0 Å². The Morgan fingerprint density at radius 1 is 1.40 bits per heavy atom. The van der Waals surface area contributed by atoms with Crippen molar-refractivity contribution in [1.82, 2.24) is 0 Å². The highest BCUT2D eigenvalue weighted by Crippen LogP contribution is 1.67. The molecule has 2 N–H and O–H groups in total. The van der Waals surface area contributed by atoms with E-state index < -0.39 is 0 Å². The van der Waals surface area contributed by atoms with Crippen molar-refractivity contribution in [1.29, 1.82) is 0 Å². The van der Waals surface area contributed by atoms with E-state index in [1.54, 1.807) is 0 Å². The molecule has 0 heterocycles. The van der Waals surface area contributed by atoms with Gasteiger partial charge in [0.15, 0.2) is 12.3 Å². The predicted octanol–water partition coefficient (Wildman–Crippen LogP) is 0.481. The Labute approximate surface area is 34.0 Å². The SMILES string of the molecule is C=O.OSO. The van der Waals surface area contributed by atoms with Crippen LogP contribution in [0.4, 0.5) is 0 Å². The summed E-state index contributed by atoms with van der Waals surface area (Å²) in [5.41, 5.74) is 0. The number of carbonyl (C=O) groups is 1. The van der Waals surface area contributed by atoms with E-state index in [4.69, 9.17) is 13.9 Å².